The average Bonchev–Trinajstić information content (AvgIpc) is 3.12. The van der Waals surface area contributed by atoms with E-state index in [0.717, 1.165) is 34.6 Å². The molecule has 1 aliphatic rings. The third-order valence-corrected chi connectivity index (χ3v) is 6.61. The van der Waals surface area contributed by atoms with Gasteiger partial charge < -0.3 is 14.5 Å². The minimum absolute atomic E-state index is 0.299. The number of ether oxygens (including phenoxy) is 1. The number of hydrogen-bond acceptors (Lipinski definition) is 6. The molecule has 0 amide bonds. The number of cyclic esters (lactones) is 1. The molecule has 3 aromatic rings. The van der Waals surface area contributed by atoms with Gasteiger partial charge in [-0.3, -0.25) is 0 Å². The zero-order valence-corrected chi connectivity index (χ0v) is 21.2. The molecule has 0 N–H and O–H groups in total. The van der Waals surface area contributed by atoms with E-state index in [0.29, 0.717) is 5.56 Å². The SMILES string of the molecule is CN(C)c1ccc(C2(c3ccc(CN(C)N(C)C)cc3)OC(=O)c3cc(N(C)C)ccc32)cc1. The number of hydrazine groups is 1. The summed E-state index contributed by atoms with van der Waals surface area (Å²) in [7, 11) is 14.1. The first kappa shape index (κ1) is 23.8. The highest BCUT2D eigenvalue weighted by atomic mass is 16.6. The van der Waals surface area contributed by atoms with Crippen molar-refractivity contribution in [1.29, 1.82) is 0 Å². The summed E-state index contributed by atoms with van der Waals surface area (Å²) < 4.78 is 6.30. The first-order valence-electron chi connectivity index (χ1n) is 11.4. The van der Waals surface area contributed by atoms with Gasteiger partial charge in [0, 0.05) is 83.9 Å². The lowest BCUT2D eigenvalue weighted by molar-refractivity contribution is 0.0251. The van der Waals surface area contributed by atoms with Gasteiger partial charge in [0.25, 0.3) is 0 Å². The monoisotopic (exact) mass is 458 g/mol. The second-order valence-corrected chi connectivity index (χ2v) is 9.50. The molecule has 0 aliphatic carbocycles. The van der Waals surface area contributed by atoms with Crippen LogP contribution in [0.3, 0.4) is 0 Å². The van der Waals surface area contributed by atoms with Gasteiger partial charge in [-0.2, -0.15) is 0 Å². The van der Waals surface area contributed by atoms with Gasteiger partial charge in [0.15, 0.2) is 5.60 Å². The molecule has 1 atom stereocenters. The van der Waals surface area contributed by atoms with E-state index in [1.807, 2.05) is 65.4 Å². The smallest absolute Gasteiger partial charge is 0.340 e. The van der Waals surface area contributed by atoms with Crippen molar-refractivity contribution in [3.63, 3.8) is 0 Å². The summed E-state index contributed by atoms with van der Waals surface area (Å²) in [6, 6.07) is 22.7. The van der Waals surface area contributed by atoms with Crippen molar-refractivity contribution in [2.45, 2.75) is 12.1 Å². The van der Waals surface area contributed by atoms with Crippen LogP contribution in [0, 0.1) is 0 Å². The molecule has 0 fully saturated rings. The van der Waals surface area contributed by atoms with Crippen LogP contribution in [0.4, 0.5) is 11.4 Å². The minimum Gasteiger partial charge on any atom is -0.441 e. The molecule has 1 unspecified atom stereocenters. The molecule has 34 heavy (non-hydrogen) atoms. The number of benzene rings is 3. The van der Waals surface area contributed by atoms with Gasteiger partial charge in [-0.05, 0) is 29.8 Å². The number of anilines is 2. The molecular formula is C28H34N4O2. The van der Waals surface area contributed by atoms with Crippen LogP contribution in [-0.2, 0) is 16.9 Å². The van der Waals surface area contributed by atoms with Gasteiger partial charge in [0.1, 0.15) is 0 Å². The Bertz CT molecular complexity index is 1170. The van der Waals surface area contributed by atoms with E-state index < -0.39 is 5.60 Å². The fraction of sp³-hybridized carbons (Fsp3) is 0.321. The van der Waals surface area contributed by atoms with Crippen LogP contribution < -0.4 is 9.80 Å². The fourth-order valence-corrected chi connectivity index (χ4v) is 4.38. The van der Waals surface area contributed by atoms with Gasteiger partial charge >= 0.3 is 5.97 Å². The molecule has 0 bridgehead atoms. The largest absolute Gasteiger partial charge is 0.441 e. The number of carbonyl (C=O) groups excluding carboxylic acids is 1. The molecule has 6 heteroatoms. The summed E-state index contributed by atoms with van der Waals surface area (Å²) in [5.74, 6) is -0.299. The van der Waals surface area contributed by atoms with Crippen LogP contribution in [0.2, 0.25) is 0 Å². The standard InChI is InChI=1S/C28H34N4O2/c1-29(2)23-14-12-22(13-15-23)28(21-10-8-20(9-11-21)19-32(7)31(5)6)26-17-16-24(30(3)4)18-25(26)27(33)34-28/h8-18H,19H2,1-7H3. The molecular weight excluding hydrogens is 424 g/mol. The number of rotatable bonds is 7. The molecule has 3 aromatic carbocycles. The van der Waals surface area contributed by atoms with Crippen LogP contribution in [0.5, 0.6) is 0 Å². The lowest BCUT2D eigenvalue weighted by atomic mass is 9.79. The van der Waals surface area contributed by atoms with E-state index in [-0.39, 0.29) is 5.97 Å². The quantitative estimate of drug-likeness (QED) is 0.391. The van der Waals surface area contributed by atoms with Crippen molar-refractivity contribution in [2.75, 3.05) is 59.1 Å². The Morgan fingerprint density at radius 1 is 0.706 bits per heavy atom. The Hall–Kier alpha value is -3.35. The predicted molar refractivity (Wildman–Crippen MR) is 138 cm³/mol. The van der Waals surface area contributed by atoms with Crippen molar-refractivity contribution < 1.29 is 9.53 Å². The average molecular weight is 459 g/mol. The summed E-state index contributed by atoms with van der Waals surface area (Å²) in [6.45, 7) is 0.792. The van der Waals surface area contributed by atoms with Crippen LogP contribution >= 0.6 is 0 Å². The Morgan fingerprint density at radius 3 is 1.76 bits per heavy atom. The minimum atomic E-state index is -0.992. The number of nitrogens with zero attached hydrogens (tertiary/aromatic N) is 4. The molecule has 178 valence electrons. The topological polar surface area (TPSA) is 39.3 Å². The maximum absolute atomic E-state index is 13.2. The first-order chi connectivity index (χ1) is 16.1. The van der Waals surface area contributed by atoms with E-state index >= 15 is 0 Å². The van der Waals surface area contributed by atoms with Crippen molar-refractivity contribution >= 4 is 17.3 Å². The van der Waals surface area contributed by atoms with E-state index in [1.165, 1.54) is 5.56 Å². The van der Waals surface area contributed by atoms with Crippen LogP contribution in [0.15, 0.2) is 66.7 Å². The second-order valence-electron chi connectivity index (χ2n) is 9.50. The molecule has 1 heterocycles. The molecule has 0 saturated heterocycles. The maximum atomic E-state index is 13.2. The van der Waals surface area contributed by atoms with Gasteiger partial charge in [-0.25, -0.2) is 14.8 Å². The molecule has 0 saturated carbocycles. The molecule has 0 aromatic heterocycles. The summed E-state index contributed by atoms with van der Waals surface area (Å²) in [5, 5.41) is 4.19. The molecule has 1 aliphatic heterocycles. The first-order valence-corrected chi connectivity index (χ1v) is 11.4. The predicted octanol–water partition coefficient (Wildman–Crippen LogP) is 4.19. The zero-order valence-electron chi connectivity index (χ0n) is 21.2. The second kappa shape index (κ2) is 9.12. The summed E-state index contributed by atoms with van der Waals surface area (Å²) >= 11 is 0. The summed E-state index contributed by atoms with van der Waals surface area (Å²) in [4.78, 5) is 17.3. The molecule has 6 nitrogen and oxygen atoms in total. The van der Waals surface area contributed by atoms with Crippen LogP contribution in [0.25, 0.3) is 0 Å². The summed E-state index contributed by atoms with van der Waals surface area (Å²) in [5.41, 5.74) is 5.61. The lowest BCUT2D eigenvalue weighted by Gasteiger charge is -2.31. The highest BCUT2D eigenvalue weighted by Crippen LogP contribution is 2.48. The van der Waals surface area contributed by atoms with Crippen LogP contribution in [-0.4, -0.2) is 65.3 Å². The van der Waals surface area contributed by atoms with E-state index in [1.54, 1.807) is 0 Å². The van der Waals surface area contributed by atoms with Crippen molar-refractivity contribution in [3.05, 3.63) is 94.5 Å². The Balaban J connectivity index is 1.85. The highest BCUT2D eigenvalue weighted by molar-refractivity contribution is 5.97. The highest BCUT2D eigenvalue weighted by Gasteiger charge is 2.48. The van der Waals surface area contributed by atoms with Gasteiger partial charge in [0.2, 0.25) is 0 Å². The van der Waals surface area contributed by atoms with Gasteiger partial charge in [0.05, 0.1) is 5.56 Å². The van der Waals surface area contributed by atoms with Gasteiger partial charge in [-0.1, -0.05) is 42.5 Å². The number of carbonyl (C=O) groups is 1. The Kier molecular flexibility index (Phi) is 6.39. The third kappa shape index (κ3) is 4.15. The number of esters is 1. The fourth-order valence-electron chi connectivity index (χ4n) is 4.38. The van der Waals surface area contributed by atoms with Crippen LogP contribution in [0.1, 0.15) is 32.6 Å². The molecule has 0 radical (unpaired) electrons. The molecule has 0 spiro atoms. The van der Waals surface area contributed by atoms with Crippen molar-refractivity contribution in [3.8, 4) is 0 Å². The number of fused-ring (bicyclic) bond motifs is 1. The normalized spacial score (nSPS) is 17.1. The lowest BCUT2D eigenvalue weighted by Crippen LogP contribution is -2.32. The number of hydrogen-bond donors (Lipinski definition) is 0. The van der Waals surface area contributed by atoms with Gasteiger partial charge in [-0.15, -0.1) is 0 Å². The Morgan fingerprint density at radius 2 is 1.24 bits per heavy atom. The van der Waals surface area contributed by atoms with E-state index in [4.69, 9.17) is 4.74 Å². The maximum Gasteiger partial charge on any atom is 0.340 e. The van der Waals surface area contributed by atoms with E-state index in [9.17, 15) is 4.79 Å². The van der Waals surface area contributed by atoms with E-state index in [2.05, 4.69) is 70.5 Å². The van der Waals surface area contributed by atoms with Crippen molar-refractivity contribution in [1.82, 2.24) is 10.0 Å². The van der Waals surface area contributed by atoms with Crippen molar-refractivity contribution in [2.24, 2.45) is 0 Å². The molecule has 4 rings (SSSR count). The summed E-state index contributed by atoms with van der Waals surface area (Å²) in [6.07, 6.45) is 0. The zero-order chi connectivity index (χ0) is 24.6. The Labute approximate surface area is 202 Å². The third-order valence-electron chi connectivity index (χ3n) is 6.61.